The molecule has 1 fully saturated rings. The number of carbonyl (C=O) groups excluding carboxylic acids is 3. The van der Waals surface area contributed by atoms with Crippen molar-refractivity contribution in [2.24, 2.45) is 0 Å². The van der Waals surface area contributed by atoms with E-state index in [0.717, 1.165) is 12.0 Å². The van der Waals surface area contributed by atoms with Crippen LogP contribution in [0, 0.1) is 0 Å². The summed E-state index contributed by atoms with van der Waals surface area (Å²) in [5.41, 5.74) is 2.67. The predicted octanol–water partition coefficient (Wildman–Crippen LogP) is 2.52. The molecular weight excluding hydrogens is 412 g/mol. The Labute approximate surface area is 184 Å². The molecule has 7 nitrogen and oxygen atoms in total. The summed E-state index contributed by atoms with van der Waals surface area (Å²) in [6, 6.07) is 15.1. The van der Waals surface area contributed by atoms with Crippen LogP contribution in [-0.4, -0.2) is 48.9 Å². The second kappa shape index (κ2) is 9.61. The molecule has 0 radical (unpaired) electrons. The fraction of sp³-hybridized carbons (Fsp3) is 0.261. The number of amides is 4. The zero-order valence-electron chi connectivity index (χ0n) is 17.0. The minimum Gasteiger partial charge on any atom is -0.353 e. The lowest BCUT2D eigenvalue weighted by atomic mass is 10.1. The topological polar surface area (TPSA) is 90.5 Å². The highest BCUT2D eigenvalue weighted by molar-refractivity contribution is 7.17. The van der Waals surface area contributed by atoms with Gasteiger partial charge in [-0.2, -0.15) is 0 Å². The summed E-state index contributed by atoms with van der Waals surface area (Å²) < 4.78 is 1.26. The van der Waals surface area contributed by atoms with Gasteiger partial charge in [0.15, 0.2) is 0 Å². The van der Waals surface area contributed by atoms with E-state index in [1.807, 2.05) is 24.3 Å². The van der Waals surface area contributed by atoms with Gasteiger partial charge in [0.25, 0.3) is 5.91 Å². The van der Waals surface area contributed by atoms with Gasteiger partial charge >= 0.3 is 6.03 Å². The van der Waals surface area contributed by atoms with Gasteiger partial charge in [0.2, 0.25) is 5.91 Å². The zero-order valence-corrected chi connectivity index (χ0v) is 17.8. The Balaban J connectivity index is 1.22. The molecule has 0 saturated carbocycles. The number of urea groups is 1. The van der Waals surface area contributed by atoms with E-state index >= 15 is 0 Å². The number of carbonyl (C=O) groups is 3. The van der Waals surface area contributed by atoms with Crippen LogP contribution >= 0.6 is 11.3 Å². The van der Waals surface area contributed by atoms with Crippen molar-refractivity contribution in [3.63, 3.8) is 0 Å². The first kappa shape index (κ1) is 20.9. The summed E-state index contributed by atoms with van der Waals surface area (Å²) in [6.45, 7) is 2.00. The van der Waals surface area contributed by atoms with Gasteiger partial charge in [-0.3, -0.25) is 9.59 Å². The first-order valence-electron chi connectivity index (χ1n) is 10.2. The van der Waals surface area contributed by atoms with Gasteiger partial charge in [0.05, 0.1) is 6.54 Å². The molecule has 0 spiro atoms. The number of hydrogen-bond donors (Lipinski definition) is 3. The molecule has 160 valence electrons. The van der Waals surface area contributed by atoms with Gasteiger partial charge in [0, 0.05) is 36.4 Å². The lowest BCUT2D eigenvalue weighted by molar-refractivity contribution is -0.123. The maximum atomic E-state index is 12.5. The molecule has 0 bridgehead atoms. The number of nitrogens with one attached hydrogen (secondary N) is 3. The summed E-state index contributed by atoms with van der Waals surface area (Å²) in [6.07, 6.45) is 0.781. The smallest absolute Gasteiger partial charge is 0.315 e. The largest absolute Gasteiger partial charge is 0.353 e. The Morgan fingerprint density at radius 3 is 2.68 bits per heavy atom. The van der Waals surface area contributed by atoms with Crippen LogP contribution in [0.1, 0.15) is 21.5 Å². The van der Waals surface area contributed by atoms with Crippen molar-refractivity contribution in [3.05, 3.63) is 70.6 Å². The Hall–Kier alpha value is -3.39. The van der Waals surface area contributed by atoms with E-state index in [4.69, 9.17) is 0 Å². The van der Waals surface area contributed by atoms with Gasteiger partial charge in [-0.1, -0.05) is 30.3 Å². The molecule has 3 aromatic rings. The first-order valence-corrected chi connectivity index (χ1v) is 11.1. The first-order chi connectivity index (χ1) is 15.1. The number of hydrogen-bond acceptors (Lipinski definition) is 4. The Kier molecular flexibility index (Phi) is 6.47. The van der Waals surface area contributed by atoms with Crippen LogP contribution in [0.4, 0.5) is 4.79 Å². The van der Waals surface area contributed by atoms with Crippen LogP contribution in [0.2, 0.25) is 0 Å². The molecule has 1 saturated heterocycles. The monoisotopic (exact) mass is 436 g/mol. The van der Waals surface area contributed by atoms with E-state index < -0.39 is 0 Å². The van der Waals surface area contributed by atoms with Crippen LogP contribution in [0.25, 0.3) is 10.1 Å². The summed E-state index contributed by atoms with van der Waals surface area (Å²) in [4.78, 5) is 37.6. The highest BCUT2D eigenvalue weighted by atomic mass is 32.1. The second-order valence-electron chi connectivity index (χ2n) is 7.39. The van der Waals surface area contributed by atoms with Crippen LogP contribution in [0.3, 0.4) is 0 Å². The molecule has 1 aliphatic rings. The van der Waals surface area contributed by atoms with Crippen molar-refractivity contribution >= 4 is 39.3 Å². The second-order valence-corrected chi connectivity index (χ2v) is 8.30. The van der Waals surface area contributed by atoms with Gasteiger partial charge < -0.3 is 20.9 Å². The third kappa shape index (κ3) is 5.21. The average Bonchev–Trinajstić information content (AvgIpc) is 3.21. The predicted molar refractivity (Wildman–Crippen MR) is 121 cm³/mol. The number of piperazine rings is 1. The number of nitrogens with zero attached hydrogens (tertiary/aromatic N) is 1. The molecule has 1 aliphatic heterocycles. The van der Waals surface area contributed by atoms with E-state index in [1.165, 1.54) is 20.5 Å². The summed E-state index contributed by atoms with van der Waals surface area (Å²) in [7, 11) is 0. The molecular formula is C23H24N4O3S. The molecule has 0 aliphatic carbocycles. The highest BCUT2D eigenvalue weighted by Crippen LogP contribution is 2.25. The molecule has 4 amide bonds. The van der Waals surface area contributed by atoms with Crippen molar-refractivity contribution in [3.8, 4) is 0 Å². The third-order valence-electron chi connectivity index (χ3n) is 5.22. The number of benzene rings is 2. The van der Waals surface area contributed by atoms with Gasteiger partial charge in [-0.15, -0.1) is 11.3 Å². The summed E-state index contributed by atoms with van der Waals surface area (Å²) in [5.74, 6) is -0.299. The van der Waals surface area contributed by atoms with Gasteiger partial charge in [-0.25, -0.2) is 4.79 Å². The van der Waals surface area contributed by atoms with Crippen molar-refractivity contribution in [1.82, 2.24) is 20.9 Å². The van der Waals surface area contributed by atoms with Crippen molar-refractivity contribution in [2.45, 2.75) is 13.0 Å². The normalized spacial score (nSPS) is 13.7. The minimum atomic E-state index is -0.223. The van der Waals surface area contributed by atoms with Crippen LogP contribution in [0.15, 0.2) is 53.9 Å². The maximum Gasteiger partial charge on any atom is 0.315 e. The standard InChI is InChI=1S/C23H24N4O3S/c28-21-14-27(12-11-24-21)22(29)17-7-5-16(6-8-17)13-26-23(30)25-10-9-18-15-31-20-4-2-1-3-19(18)20/h1-8,15H,9-14H2,(H,24,28)(H2,25,26,30). The van der Waals surface area contributed by atoms with Crippen LogP contribution in [0.5, 0.6) is 0 Å². The highest BCUT2D eigenvalue weighted by Gasteiger charge is 2.22. The maximum absolute atomic E-state index is 12.5. The Morgan fingerprint density at radius 1 is 1.06 bits per heavy atom. The summed E-state index contributed by atoms with van der Waals surface area (Å²) >= 11 is 1.72. The molecule has 0 atom stereocenters. The number of thiophene rings is 1. The molecule has 4 rings (SSSR count). The van der Waals surface area contributed by atoms with E-state index in [0.29, 0.717) is 31.7 Å². The third-order valence-corrected chi connectivity index (χ3v) is 6.23. The van der Waals surface area contributed by atoms with Crippen LogP contribution < -0.4 is 16.0 Å². The van der Waals surface area contributed by atoms with E-state index in [-0.39, 0.29) is 24.4 Å². The van der Waals surface area contributed by atoms with Gasteiger partial charge in [-0.05, 0) is 46.5 Å². The minimum absolute atomic E-state index is 0.0868. The lowest BCUT2D eigenvalue weighted by Gasteiger charge is -2.26. The molecule has 8 heteroatoms. The molecule has 0 unspecified atom stereocenters. The summed E-state index contributed by atoms with van der Waals surface area (Å²) in [5, 5.41) is 11.8. The zero-order chi connectivity index (χ0) is 21.6. The van der Waals surface area contributed by atoms with E-state index in [1.54, 1.807) is 23.5 Å². The number of fused-ring (bicyclic) bond motifs is 1. The molecule has 3 N–H and O–H groups in total. The average molecular weight is 437 g/mol. The van der Waals surface area contributed by atoms with Crippen LogP contribution in [-0.2, 0) is 17.8 Å². The molecule has 31 heavy (non-hydrogen) atoms. The van der Waals surface area contributed by atoms with E-state index in [2.05, 4.69) is 33.5 Å². The fourth-order valence-corrected chi connectivity index (χ4v) is 4.54. The number of rotatable bonds is 6. The van der Waals surface area contributed by atoms with E-state index in [9.17, 15) is 14.4 Å². The lowest BCUT2D eigenvalue weighted by Crippen LogP contribution is -2.49. The van der Waals surface area contributed by atoms with Crippen molar-refractivity contribution < 1.29 is 14.4 Å². The quantitative estimate of drug-likeness (QED) is 0.555. The molecule has 2 aromatic carbocycles. The Morgan fingerprint density at radius 2 is 1.87 bits per heavy atom. The SMILES string of the molecule is O=C1CN(C(=O)c2ccc(CNC(=O)NCCc3csc4ccccc34)cc2)CCN1. The van der Waals surface area contributed by atoms with Crippen molar-refractivity contribution in [1.29, 1.82) is 0 Å². The Bertz CT molecular complexity index is 1090. The van der Waals surface area contributed by atoms with Crippen molar-refractivity contribution in [2.75, 3.05) is 26.2 Å². The fourth-order valence-electron chi connectivity index (χ4n) is 3.54. The molecule has 1 aromatic heterocycles. The van der Waals surface area contributed by atoms with Gasteiger partial charge in [0.1, 0.15) is 0 Å². The molecule has 2 heterocycles.